The third-order valence-electron chi connectivity index (χ3n) is 5.52. The van der Waals surface area contributed by atoms with Crippen LogP contribution in [0.3, 0.4) is 0 Å². The molecule has 1 amide bonds. The van der Waals surface area contributed by atoms with E-state index in [1.807, 2.05) is 13.8 Å². The number of hydrogen-bond acceptors (Lipinski definition) is 4. The van der Waals surface area contributed by atoms with Crippen LogP contribution in [0.4, 0.5) is 5.69 Å². The molecule has 1 saturated heterocycles. The van der Waals surface area contributed by atoms with Crippen molar-refractivity contribution in [2.75, 3.05) is 17.8 Å². The van der Waals surface area contributed by atoms with E-state index in [-0.39, 0.29) is 16.4 Å². The van der Waals surface area contributed by atoms with Crippen LogP contribution in [-0.4, -0.2) is 37.9 Å². The average Bonchev–Trinajstić information content (AvgIpc) is 3.21. The maximum Gasteiger partial charge on any atom is 0.261 e. The first-order valence-corrected chi connectivity index (χ1v) is 11.5. The SMILES string of the molecule is CC1(C)CCc2cc(S(=O)(=O)Nc3ccccc3C(=O)N3CCCC3)ccc2O1. The lowest BCUT2D eigenvalue weighted by Gasteiger charge is -2.32. The number of aryl methyl sites for hydroxylation is 1. The summed E-state index contributed by atoms with van der Waals surface area (Å²) in [5, 5.41) is 0. The Labute approximate surface area is 171 Å². The summed E-state index contributed by atoms with van der Waals surface area (Å²) in [4.78, 5) is 14.8. The molecule has 0 unspecified atom stereocenters. The van der Waals surface area contributed by atoms with Gasteiger partial charge in [0.2, 0.25) is 0 Å². The molecule has 2 heterocycles. The van der Waals surface area contributed by atoms with Crippen molar-refractivity contribution in [1.29, 1.82) is 0 Å². The molecule has 0 aromatic heterocycles. The van der Waals surface area contributed by atoms with E-state index < -0.39 is 10.0 Å². The summed E-state index contributed by atoms with van der Waals surface area (Å²) in [6.07, 6.45) is 3.54. The van der Waals surface area contributed by atoms with Gasteiger partial charge in [0.15, 0.2) is 0 Å². The quantitative estimate of drug-likeness (QED) is 0.825. The zero-order valence-corrected chi connectivity index (χ0v) is 17.6. The molecule has 2 aromatic rings. The van der Waals surface area contributed by atoms with E-state index >= 15 is 0 Å². The van der Waals surface area contributed by atoms with Gasteiger partial charge in [-0.05, 0) is 75.4 Å². The second kappa shape index (κ2) is 7.37. The fraction of sp³-hybridized carbons (Fsp3) is 0.409. The highest BCUT2D eigenvalue weighted by Gasteiger charge is 2.28. The van der Waals surface area contributed by atoms with Crippen molar-refractivity contribution in [3.05, 3.63) is 53.6 Å². The predicted molar refractivity (Wildman–Crippen MR) is 112 cm³/mol. The number of nitrogens with one attached hydrogen (secondary N) is 1. The first-order valence-electron chi connectivity index (χ1n) is 9.98. The second-order valence-corrected chi connectivity index (χ2v) is 9.96. The number of nitrogens with zero attached hydrogens (tertiary/aromatic N) is 1. The number of anilines is 1. The fourth-order valence-electron chi connectivity index (χ4n) is 3.86. The van der Waals surface area contributed by atoms with E-state index in [1.165, 1.54) is 0 Å². The van der Waals surface area contributed by atoms with Crippen molar-refractivity contribution >= 4 is 21.6 Å². The van der Waals surface area contributed by atoms with Crippen LogP contribution in [0.5, 0.6) is 5.75 Å². The molecule has 0 saturated carbocycles. The van der Waals surface area contributed by atoms with E-state index in [4.69, 9.17) is 4.74 Å². The minimum absolute atomic E-state index is 0.137. The Hall–Kier alpha value is -2.54. The summed E-state index contributed by atoms with van der Waals surface area (Å²) < 4.78 is 34.6. The van der Waals surface area contributed by atoms with Gasteiger partial charge in [-0.2, -0.15) is 0 Å². The lowest BCUT2D eigenvalue weighted by Crippen LogP contribution is -2.32. The number of sulfonamides is 1. The Balaban J connectivity index is 1.61. The number of amides is 1. The van der Waals surface area contributed by atoms with E-state index in [0.29, 0.717) is 24.3 Å². The van der Waals surface area contributed by atoms with Crippen LogP contribution in [0.1, 0.15) is 49.0 Å². The summed E-state index contributed by atoms with van der Waals surface area (Å²) in [6.45, 7) is 5.47. The molecule has 0 atom stereocenters. The van der Waals surface area contributed by atoms with Crippen molar-refractivity contribution in [3.8, 4) is 5.75 Å². The number of para-hydroxylation sites is 1. The second-order valence-electron chi connectivity index (χ2n) is 8.28. The summed E-state index contributed by atoms with van der Waals surface area (Å²) in [7, 11) is -3.83. The molecule has 154 valence electrons. The highest BCUT2D eigenvalue weighted by atomic mass is 32.2. The number of ether oxygens (including phenoxy) is 1. The van der Waals surface area contributed by atoms with Crippen molar-refractivity contribution in [1.82, 2.24) is 4.90 Å². The standard InChI is InChI=1S/C22H26N2O4S/c1-22(2)12-11-16-15-17(9-10-20(16)28-22)29(26,27)23-19-8-4-3-7-18(19)21(25)24-13-5-6-14-24/h3-4,7-10,15,23H,5-6,11-14H2,1-2H3. The molecule has 0 bridgehead atoms. The average molecular weight is 415 g/mol. The van der Waals surface area contributed by atoms with Crippen LogP contribution < -0.4 is 9.46 Å². The van der Waals surface area contributed by atoms with E-state index in [2.05, 4.69) is 4.72 Å². The summed E-state index contributed by atoms with van der Waals surface area (Å²) in [5.74, 6) is 0.590. The van der Waals surface area contributed by atoms with Gasteiger partial charge in [-0.1, -0.05) is 12.1 Å². The summed E-state index contributed by atoms with van der Waals surface area (Å²) in [5.41, 5.74) is 1.31. The number of hydrogen-bond donors (Lipinski definition) is 1. The Morgan fingerprint density at radius 3 is 2.59 bits per heavy atom. The first kappa shape index (κ1) is 19.8. The van der Waals surface area contributed by atoms with E-state index in [9.17, 15) is 13.2 Å². The molecule has 4 rings (SSSR count). The number of carbonyl (C=O) groups is 1. The minimum atomic E-state index is -3.83. The normalized spacial score (nSPS) is 18.1. The van der Waals surface area contributed by atoms with Gasteiger partial charge in [-0.3, -0.25) is 9.52 Å². The van der Waals surface area contributed by atoms with Crippen molar-refractivity contribution < 1.29 is 17.9 Å². The van der Waals surface area contributed by atoms with Gasteiger partial charge >= 0.3 is 0 Å². The highest BCUT2D eigenvalue weighted by molar-refractivity contribution is 7.92. The van der Waals surface area contributed by atoms with E-state index in [1.54, 1.807) is 47.4 Å². The molecule has 0 radical (unpaired) electrons. The monoisotopic (exact) mass is 414 g/mol. The smallest absolute Gasteiger partial charge is 0.261 e. The molecule has 2 aliphatic heterocycles. The molecule has 0 aliphatic carbocycles. The summed E-state index contributed by atoms with van der Waals surface area (Å²) in [6, 6.07) is 11.7. The molecular formula is C22H26N2O4S. The van der Waals surface area contributed by atoms with Gasteiger partial charge in [0.05, 0.1) is 16.1 Å². The number of carbonyl (C=O) groups excluding carboxylic acids is 1. The molecule has 0 spiro atoms. The van der Waals surface area contributed by atoms with Crippen molar-refractivity contribution in [3.63, 3.8) is 0 Å². The van der Waals surface area contributed by atoms with Gasteiger partial charge < -0.3 is 9.64 Å². The van der Waals surface area contributed by atoms with Crippen LogP contribution >= 0.6 is 0 Å². The zero-order chi connectivity index (χ0) is 20.6. The van der Waals surface area contributed by atoms with Crippen LogP contribution in [0, 0.1) is 0 Å². The van der Waals surface area contributed by atoms with E-state index in [0.717, 1.165) is 37.0 Å². The topological polar surface area (TPSA) is 75.7 Å². The Kier molecular flexibility index (Phi) is 5.02. The molecule has 2 aromatic carbocycles. The van der Waals surface area contributed by atoms with Crippen LogP contribution in [0.15, 0.2) is 47.4 Å². The number of rotatable bonds is 4. The Bertz CT molecular complexity index is 1040. The van der Waals surface area contributed by atoms with Gasteiger partial charge in [0, 0.05) is 13.1 Å². The Morgan fingerprint density at radius 1 is 1.10 bits per heavy atom. The molecule has 6 nitrogen and oxygen atoms in total. The molecule has 29 heavy (non-hydrogen) atoms. The molecular weight excluding hydrogens is 388 g/mol. The predicted octanol–water partition coefficient (Wildman–Crippen LogP) is 3.83. The zero-order valence-electron chi connectivity index (χ0n) is 16.8. The number of benzene rings is 2. The van der Waals surface area contributed by atoms with Gasteiger partial charge in [-0.25, -0.2) is 8.42 Å². The number of likely N-dealkylation sites (tertiary alicyclic amines) is 1. The Morgan fingerprint density at radius 2 is 1.83 bits per heavy atom. The molecule has 2 aliphatic rings. The largest absolute Gasteiger partial charge is 0.488 e. The summed E-state index contributed by atoms with van der Waals surface area (Å²) >= 11 is 0. The minimum Gasteiger partial charge on any atom is -0.488 e. The lowest BCUT2D eigenvalue weighted by atomic mass is 9.94. The van der Waals surface area contributed by atoms with Crippen LogP contribution in [0.2, 0.25) is 0 Å². The van der Waals surface area contributed by atoms with Gasteiger partial charge in [0.25, 0.3) is 15.9 Å². The highest BCUT2D eigenvalue weighted by Crippen LogP contribution is 2.34. The van der Waals surface area contributed by atoms with Gasteiger partial charge in [-0.15, -0.1) is 0 Å². The van der Waals surface area contributed by atoms with Crippen molar-refractivity contribution in [2.24, 2.45) is 0 Å². The first-order chi connectivity index (χ1) is 13.8. The molecule has 1 N–H and O–H groups in total. The number of fused-ring (bicyclic) bond motifs is 1. The van der Waals surface area contributed by atoms with Crippen molar-refractivity contribution in [2.45, 2.75) is 50.0 Å². The van der Waals surface area contributed by atoms with Gasteiger partial charge in [0.1, 0.15) is 11.4 Å². The van der Waals surface area contributed by atoms with Crippen LogP contribution in [-0.2, 0) is 16.4 Å². The fourth-order valence-corrected chi connectivity index (χ4v) is 4.99. The van der Waals surface area contributed by atoms with Crippen LogP contribution in [0.25, 0.3) is 0 Å². The maximum atomic E-state index is 13.0. The third kappa shape index (κ3) is 4.10. The molecule has 1 fully saturated rings. The maximum absolute atomic E-state index is 13.0. The third-order valence-corrected chi connectivity index (χ3v) is 6.88. The molecule has 7 heteroatoms. The lowest BCUT2D eigenvalue weighted by molar-refractivity contribution is 0.0793.